The van der Waals surface area contributed by atoms with E-state index in [0.717, 1.165) is 42.9 Å². The Labute approximate surface area is 205 Å². The number of amides is 1. The molecule has 0 saturated carbocycles. The fourth-order valence-electron chi connectivity index (χ4n) is 4.84. The number of aromatic nitrogens is 2. The lowest BCUT2D eigenvalue weighted by molar-refractivity contribution is -0.126. The minimum atomic E-state index is 0.0685. The van der Waals surface area contributed by atoms with Gasteiger partial charge in [-0.25, -0.2) is 0 Å². The van der Waals surface area contributed by atoms with Crippen LogP contribution in [0, 0.1) is 5.92 Å². The van der Waals surface area contributed by atoms with Crippen LogP contribution in [0.3, 0.4) is 0 Å². The molecule has 0 bridgehead atoms. The first kappa shape index (κ1) is 23.2. The number of likely N-dealkylation sites (tertiary alicyclic amines) is 2. The van der Waals surface area contributed by atoms with Gasteiger partial charge < -0.3 is 9.84 Å². The maximum atomic E-state index is 12.7. The monoisotopic (exact) mass is 479 g/mol. The number of thiophene rings is 1. The maximum absolute atomic E-state index is 12.7. The van der Waals surface area contributed by atoms with Gasteiger partial charge in [0.1, 0.15) is 0 Å². The molecule has 2 aliphatic rings. The Morgan fingerprint density at radius 3 is 2.44 bits per heavy atom. The first-order chi connectivity index (χ1) is 16.7. The van der Waals surface area contributed by atoms with Crippen molar-refractivity contribution in [1.82, 2.24) is 25.3 Å². The first-order valence-corrected chi connectivity index (χ1v) is 13.3. The Kier molecular flexibility index (Phi) is 7.68. The molecule has 1 N–H and O–H groups in total. The second-order valence-electron chi connectivity index (χ2n) is 9.41. The summed E-state index contributed by atoms with van der Waals surface area (Å²) in [5.41, 5.74) is 2.51. The summed E-state index contributed by atoms with van der Waals surface area (Å²) in [6.45, 7) is 6.40. The van der Waals surface area contributed by atoms with Crippen molar-refractivity contribution in [2.24, 2.45) is 5.92 Å². The Morgan fingerprint density at radius 2 is 1.71 bits per heavy atom. The largest absolute Gasteiger partial charge is 0.352 e. The molecule has 8 heteroatoms. The molecule has 1 amide bonds. The maximum Gasteiger partial charge on any atom is 0.241 e. The molecule has 2 aromatic heterocycles. The van der Waals surface area contributed by atoms with Crippen LogP contribution in [0.1, 0.15) is 49.1 Å². The van der Waals surface area contributed by atoms with E-state index in [-0.39, 0.29) is 11.8 Å². The number of benzene rings is 1. The van der Waals surface area contributed by atoms with Crippen LogP contribution in [-0.2, 0) is 24.4 Å². The topological polar surface area (TPSA) is 74.5 Å². The third-order valence-corrected chi connectivity index (χ3v) is 7.74. The molecule has 3 aromatic rings. The summed E-state index contributed by atoms with van der Waals surface area (Å²) < 4.78 is 5.43. The van der Waals surface area contributed by atoms with Gasteiger partial charge in [-0.1, -0.05) is 41.9 Å². The highest BCUT2D eigenvalue weighted by molar-refractivity contribution is 7.13. The Balaban J connectivity index is 1.03. The molecular weight excluding hydrogens is 446 g/mol. The van der Waals surface area contributed by atoms with Gasteiger partial charge in [-0.15, -0.1) is 11.3 Å². The van der Waals surface area contributed by atoms with E-state index in [0.29, 0.717) is 24.8 Å². The summed E-state index contributed by atoms with van der Waals surface area (Å²) >= 11 is 1.60. The molecule has 5 rings (SSSR count). The minimum absolute atomic E-state index is 0.0685. The number of carbonyl (C=O) groups is 1. The summed E-state index contributed by atoms with van der Waals surface area (Å²) in [7, 11) is 0. The van der Waals surface area contributed by atoms with Crippen molar-refractivity contribution in [3.63, 3.8) is 0 Å². The lowest BCUT2D eigenvalue weighted by Gasteiger charge is -2.30. The van der Waals surface area contributed by atoms with Crippen molar-refractivity contribution in [3.05, 3.63) is 58.8 Å². The van der Waals surface area contributed by atoms with Crippen LogP contribution >= 0.6 is 11.3 Å². The van der Waals surface area contributed by atoms with Crippen LogP contribution in [-0.4, -0.2) is 52.0 Å². The molecule has 2 saturated heterocycles. The molecule has 0 radical (unpaired) electrons. The molecular formula is C26H33N5O2S. The van der Waals surface area contributed by atoms with Crippen LogP contribution in [0.2, 0.25) is 0 Å². The van der Waals surface area contributed by atoms with Crippen LogP contribution in [0.4, 0.5) is 0 Å². The summed E-state index contributed by atoms with van der Waals surface area (Å²) in [6.07, 6.45) is 5.70. The van der Waals surface area contributed by atoms with E-state index in [1.807, 2.05) is 17.5 Å². The normalized spacial score (nSPS) is 18.2. The Morgan fingerprint density at radius 1 is 0.971 bits per heavy atom. The molecule has 0 unspecified atom stereocenters. The van der Waals surface area contributed by atoms with Crippen molar-refractivity contribution in [1.29, 1.82) is 0 Å². The third-order valence-electron chi connectivity index (χ3n) is 6.87. The zero-order valence-electron chi connectivity index (χ0n) is 19.6. The van der Waals surface area contributed by atoms with Crippen molar-refractivity contribution in [3.8, 4) is 10.7 Å². The van der Waals surface area contributed by atoms with Crippen LogP contribution in [0.15, 0.2) is 46.3 Å². The number of hydrogen-bond donors (Lipinski definition) is 1. The summed E-state index contributed by atoms with van der Waals surface area (Å²) in [6, 6.07) is 12.7. The average Bonchev–Trinajstić information content (AvgIpc) is 3.57. The van der Waals surface area contributed by atoms with E-state index < -0.39 is 0 Å². The van der Waals surface area contributed by atoms with Crippen molar-refractivity contribution in [2.45, 2.75) is 51.7 Å². The van der Waals surface area contributed by atoms with Crippen molar-refractivity contribution < 1.29 is 9.32 Å². The van der Waals surface area contributed by atoms with Gasteiger partial charge in [0.25, 0.3) is 0 Å². The van der Waals surface area contributed by atoms with Gasteiger partial charge in [-0.2, -0.15) is 4.98 Å². The highest BCUT2D eigenvalue weighted by Gasteiger charge is 2.26. The summed E-state index contributed by atoms with van der Waals surface area (Å²) in [5, 5.41) is 9.24. The molecule has 2 aliphatic heterocycles. The number of nitrogens with zero attached hydrogens (tertiary/aromatic N) is 4. The molecule has 0 atom stereocenters. The number of carbonyl (C=O) groups excluding carboxylic acids is 1. The Bertz CT molecular complexity index is 1040. The summed E-state index contributed by atoms with van der Waals surface area (Å²) in [5.74, 6) is 1.52. The van der Waals surface area contributed by atoms with Crippen LogP contribution in [0.25, 0.3) is 10.7 Å². The van der Waals surface area contributed by atoms with E-state index in [2.05, 4.69) is 49.5 Å². The molecule has 0 spiro atoms. The van der Waals surface area contributed by atoms with E-state index >= 15 is 0 Å². The lowest BCUT2D eigenvalue weighted by atomic mass is 9.96. The number of hydrogen-bond acceptors (Lipinski definition) is 7. The zero-order chi connectivity index (χ0) is 23.2. The van der Waals surface area contributed by atoms with Gasteiger partial charge in [0, 0.05) is 19.0 Å². The second-order valence-corrected chi connectivity index (χ2v) is 10.4. The zero-order valence-corrected chi connectivity index (χ0v) is 20.4. The van der Waals surface area contributed by atoms with Gasteiger partial charge in [0.2, 0.25) is 17.6 Å². The van der Waals surface area contributed by atoms with Crippen molar-refractivity contribution >= 4 is 17.2 Å². The molecule has 2 fully saturated rings. The fourth-order valence-corrected chi connectivity index (χ4v) is 5.49. The van der Waals surface area contributed by atoms with Crippen LogP contribution < -0.4 is 5.32 Å². The third kappa shape index (κ3) is 6.11. The molecule has 34 heavy (non-hydrogen) atoms. The summed E-state index contributed by atoms with van der Waals surface area (Å²) in [4.78, 5) is 23.1. The van der Waals surface area contributed by atoms with Gasteiger partial charge >= 0.3 is 0 Å². The standard InChI is InChI=1S/C26H33N5O2S/c32-26(27-17-20-6-8-21(9-7-20)18-30-12-2-1-3-13-30)22-10-14-31(15-11-22)19-24-28-25(29-33-24)23-5-4-16-34-23/h4-9,16,22H,1-3,10-15,17-19H2,(H,27,32). The highest BCUT2D eigenvalue weighted by Crippen LogP contribution is 2.23. The van der Waals surface area contributed by atoms with E-state index in [9.17, 15) is 4.79 Å². The molecule has 1 aromatic carbocycles. The SMILES string of the molecule is O=C(NCc1ccc(CN2CCCCC2)cc1)C1CCN(Cc2nc(-c3cccs3)no2)CC1. The quantitative estimate of drug-likeness (QED) is 0.519. The lowest BCUT2D eigenvalue weighted by Crippen LogP contribution is -2.40. The van der Waals surface area contributed by atoms with E-state index in [1.54, 1.807) is 11.3 Å². The van der Waals surface area contributed by atoms with Gasteiger partial charge in [0.05, 0.1) is 11.4 Å². The molecule has 180 valence electrons. The molecule has 4 heterocycles. The van der Waals surface area contributed by atoms with E-state index in [4.69, 9.17) is 4.52 Å². The molecule has 0 aliphatic carbocycles. The first-order valence-electron chi connectivity index (χ1n) is 12.4. The van der Waals surface area contributed by atoms with E-state index in [1.165, 1.54) is 37.9 Å². The minimum Gasteiger partial charge on any atom is -0.352 e. The van der Waals surface area contributed by atoms with Gasteiger partial charge in [-0.3, -0.25) is 14.6 Å². The van der Waals surface area contributed by atoms with Gasteiger partial charge in [0.15, 0.2) is 0 Å². The second kappa shape index (κ2) is 11.3. The molecule has 7 nitrogen and oxygen atoms in total. The van der Waals surface area contributed by atoms with Crippen molar-refractivity contribution in [2.75, 3.05) is 26.2 Å². The number of rotatable bonds is 8. The highest BCUT2D eigenvalue weighted by atomic mass is 32.1. The predicted octanol–water partition coefficient (Wildman–Crippen LogP) is 4.31. The predicted molar refractivity (Wildman–Crippen MR) is 133 cm³/mol. The fraction of sp³-hybridized carbons (Fsp3) is 0.500. The van der Waals surface area contributed by atoms with Gasteiger partial charge in [-0.05, 0) is 74.4 Å². The smallest absolute Gasteiger partial charge is 0.241 e. The average molecular weight is 480 g/mol. The number of nitrogens with one attached hydrogen (secondary N) is 1. The number of piperidine rings is 2. The van der Waals surface area contributed by atoms with Crippen LogP contribution in [0.5, 0.6) is 0 Å². The Hall–Kier alpha value is -2.55.